The van der Waals surface area contributed by atoms with Crippen molar-refractivity contribution in [3.05, 3.63) is 0 Å². The molecule has 9 nitrogen and oxygen atoms in total. The first kappa shape index (κ1) is 25.8. The van der Waals surface area contributed by atoms with E-state index in [-0.39, 0.29) is 31.2 Å². The molecule has 0 bridgehead atoms. The van der Waals surface area contributed by atoms with Crippen LogP contribution in [-0.4, -0.2) is 58.6 Å². The maximum atomic E-state index is 12.4. The number of aliphatic carboxylic acids is 1. The second-order valence-corrected chi connectivity index (χ2v) is 7.85. The minimum atomic E-state index is -1.20. The molecule has 0 aliphatic carbocycles. The SMILES string of the molecule is CC(C)C[C@@H](O)C(=O)N[C@@H](C)C(=O)N[C@H](CC(C)C)C(=O)NCCCC(=O)O. The van der Waals surface area contributed by atoms with Gasteiger partial charge in [0.2, 0.25) is 17.7 Å². The summed E-state index contributed by atoms with van der Waals surface area (Å²) in [7, 11) is 0. The Morgan fingerprint density at radius 2 is 1.39 bits per heavy atom. The smallest absolute Gasteiger partial charge is 0.303 e. The molecular weight excluding hydrogens is 366 g/mol. The van der Waals surface area contributed by atoms with Gasteiger partial charge in [-0.2, -0.15) is 0 Å². The van der Waals surface area contributed by atoms with Gasteiger partial charge in [0.15, 0.2) is 0 Å². The zero-order chi connectivity index (χ0) is 21.9. The molecule has 28 heavy (non-hydrogen) atoms. The van der Waals surface area contributed by atoms with E-state index in [2.05, 4.69) is 16.0 Å². The van der Waals surface area contributed by atoms with Crippen LogP contribution in [0, 0.1) is 11.8 Å². The number of carbonyl (C=O) groups is 4. The molecule has 0 saturated carbocycles. The summed E-state index contributed by atoms with van der Waals surface area (Å²) >= 11 is 0. The number of nitrogens with one attached hydrogen (secondary N) is 3. The molecule has 9 heteroatoms. The standard InChI is InChI=1S/C19H35N3O6/c1-11(2)9-14(18(27)20-8-6-7-16(24)25)22-17(26)13(5)21-19(28)15(23)10-12(3)4/h11-15,23H,6-10H2,1-5H3,(H,20,27)(H,21,28)(H,22,26)(H,24,25)/t13-,14+,15+/m0/s1. The lowest BCUT2D eigenvalue weighted by Gasteiger charge is -2.23. The third-order valence-electron chi connectivity index (χ3n) is 3.96. The number of carboxylic acid groups (broad SMARTS) is 1. The highest BCUT2D eigenvalue weighted by Gasteiger charge is 2.26. The van der Waals surface area contributed by atoms with Gasteiger partial charge in [0.25, 0.3) is 0 Å². The van der Waals surface area contributed by atoms with E-state index >= 15 is 0 Å². The van der Waals surface area contributed by atoms with Crippen LogP contribution in [-0.2, 0) is 19.2 Å². The van der Waals surface area contributed by atoms with E-state index in [1.807, 2.05) is 27.7 Å². The van der Waals surface area contributed by atoms with Gasteiger partial charge in [-0.25, -0.2) is 0 Å². The van der Waals surface area contributed by atoms with Crippen molar-refractivity contribution in [2.75, 3.05) is 6.54 Å². The van der Waals surface area contributed by atoms with Gasteiger partial charge < -0.3 is 26.2 Å². The van der Waals surface area contributed by atoms with Crippen molar-refractivity contribution in [2.45, 2.75) is 78.5 Å². The molecule has 0 saturated heterocycles. The lowest BCUT2D eigenvalue weighted by molar-refractivity contribution is -0.137. The number of carbonyl (C=O) groups excluding carboxylic acids is 3. The van der Waals surface area contributed by atoms with Gasteiger partial charge in [-0.15, -0.1) is 0 Å². The molecule has 0 spiro atoms. The zero-order valence-electron chi connectivity index (χ0n) is 17.4. The normalized spacial score (nSPS) is 14.3. The predicted octanol–water partition coefficient (Wildman–Crippen LogP) is 0.410. The van der Waals surface area contributed by atoms with E-state index in [1.54, 1.807) is 0 Å². The zero-order valence-corrected chi connectivity index (χ0v) is 17.4. The fraction of sp³-hybridized carbons (Fsp3) is 0.789. The molecule has 0 aromatic rings. The van der Waals surface area contributed by atoms with Crippen molar-refractivity contribution < 1.29 is 29.4 Å². The number of aliphatic hydroxyl groups is 1. The van der Waals surface area contributed by atoms with E-state index in [4.69, 9.17) is 5.11 Å². The molecule has 0 aromatic heterocycles. The van der Waals surface area contributed by atoms with Gasteiger partial charge in [0.05, 0.1) is 0 Å². The highest BCUT2D eigenvalue weighted by Crippen LogP contribution is 2.07. The molecule has 0 rings (SSSR count). The van der Waals surface area contributed by atoms with E-state index in [1.165, 1.54) is 6.92 Å². The van der Waals surface area contributed by atoms with Gasteiger partial charge in [0.1, 0.15) is 18.2 Å². The molecule has 0 aliphatic rings. The van der Waals surface area contributed by atoms with E-state index in [0.29, 0.717) is 12.8 Å². The Hall–Kier alpha value is -2.16. The Morgan fingerprint density at radius 3 is 1.89 bits per heavy atom. The number of amides is 3. The lowest BCUT2D eigenvalue weighted by Crippen LogP contribution is -2.54. The van der Waals surface area contributed by atoms with Crippen molar-refractivity contribution in [3.63, 3.8) is 0 Å². The van der Waals surface area contributed by atoms with Crippen LogP contribution in [0.25, 0.3) is 0 Å². The summed E-state index contributed by atoms with van der Waals surface area (Å²) in [5.74, 6) is -2.24. The highest BCUT2D eigenvalue weighted by atomic mass is 16.4. The first-order valence-electron chi connectivity index (χ1n) is 9.72. The first-order valence-corrected chi connectivity index (χ1v) is 9.72. The average molecular weight is 402 g/mol. The quantitative estimate of drug-likeness (QED) is 0.283. The van der Waals surface area contributed by atoms with E-state index in [9.17, 15) is 24.3 Å². The van der Waals surface area contributed by atoms with Gasteiger partial charge in [-0.1, -0.05) is 27.7 Å². The van der Waals surface area contributed by atoms with Gasteiger partial charge in [-0.05, 0) is 38.0 Å². The summed E-state index contributed by atoms with van der Waals surface area (Å²) in [5, 5.41) is 26.1. The van der Waals surface area contributed by atoms with Crippen LogP contribution in [0.3, 0.4) is 0 Å². The lowest BCUT2D eigenvalue weighted by atomic mass is 10.0. The molecule has 3 atom stereocenters. The largest absolute Gasteiger partial charge is 0.481 e. The molecule has 3 amide bonds. The first-order chi connectivity index (χ1) is 12.9. The average Bonchev–Trinajstić information content (AvgIpc) is 2.56. The van der Waals surface area contributed by atoms with Gasteiger partial charge in [-0.3, -0.25) is 19.2 Å². The predicted molar refractivity (Wildman–Crippen MR) is 104 cm³/mol. The number of hydrogen-bond acceptors (Lipinski definition) is 5. The monoisotopic (exact) mass is 401 g/mol. The van der Waals surface area contributed by atoms with Crippen LogP contribution in [0.15, 0.2) is 0 Å². The summed E-state index contributed by atoms with van der Waals surface area (Å²) in [4.78, 5) is 47.2. The van der Waals surface area contributed by atoms with Crippen molar-refractivity contribution in [2.24, 2.45) is 11.8 Å². The molecule has 5 N–H and O–H groups in total. The Morgan fingerprint density at radius 1 is 0.821 bits per heavy atom. The molecule has 0 unspecified atom stereocenters. The van der Waals surface area contributed by atoms with Crippen molar-refractivity contribution in [1.29, 1.82) is 0 Å². The third kappa shape index (κ3) is 11.5. The fourth-order valence-corrected chi connectivity index (χ4v) is 2.50. The van der Waals surface area contributed by atoms with Crippen LogP contribution in [0.4, 0.5) is 0 Å². The Bertz CT molecular complexity index is 536. The molecule has 0 fully saturated rings. The fourth-order valence-electron chi connectivity index (χ4n) is 2.50. The van der Waals surface area contributed by atoms with Crippen LogP contribution < -0.4 is 16.0 Å². The Labute approximate surface area is 166 Å². The molecule has 0 aliphatic heterocycles. The molecule has 0 radical (unpaired) electrons. The molecule has 0 aromatic carbocycles. The van der Waals surface area contributed by atoms with Crippen molar-refractivity contribution in [1.82, 2.24) is 16.0 Å². The summed E-state index contributed by atoms with van der Waals surface area (Å²) < 4.78 is 0. The van der Waals surface area contributed by atoms with E-state index < -0.39 is 41.9 Å². The minimum Gasteiger partial charge on any atom is -0.481 e. The van der Waals surface area contributed by atoms with Crippen LogP contribution >= 0.6 is 0 Å². The number of hydrogen-bond donors (Lipinski definition) is 5. The molecular formula is C19H35N3O6. The maximum absolute atomic E-state index is 12.4. The number of rotatable bonds is 13. The highest BCUT2D eigenvalue weighted by molar-refractivity contribution is 5.92. The Kier molecular flexibility index (Phi) is 12.1. The molecule has 0 heterocycles. The summed E-state index contributed by atoms with van der Waals surface area (Å²) in [6, 6.07) is -1.71. The minimum absolute atomic E-state index is 0.0523. The third-order valence-corrected chi connectivity index (χ3v) is 3.96. The van der Waals surface area contributed by atoms with Crippen LogP contribution in [0.1, 0.15) is 60.3 Å². The summed E-state index contributed by atoms with van der Waals surface area (Å²) in [5.41, 5.74) is 0. The van der Waals surface area contributed by atoms with Crippen molar-refractivity contribution in [3.8, 4) is 0 Å². The van der Waals surface area contributed by atoms with E-state index in [0.717, 1.165) is 0 Å². The van der Waals surface area contributed by atoms with Crippen LogP contribution in [0.2, 0.25) is 0 Å². The van der Waals surface area contributed by atoms with Crippen LogP contribution in [0.5, 0.6) is 0 Å². The molecule has 162 valence electrons. The van der Waals surface area contributed by atoms with Gasteiger partial charge in [0, 0.05) is 13.0 Å². The van der Waals surface area contributed by atoms with Gasteiger partial charge >= 0.3 is 5.97 Å². The Balaban J connectivity index is 4.71. The maximum Gasteiger partial charge on any atom is 0.303 e. The topological polar surface area (TPSA) is 145 Å². The summed E-state index contributed by atoms with van der Waals surface area (Å²) in [6.07, 6.45) is -0.270. The second kappa shape index (κ2) is 13.1. The summed E-state index contributed by atoms with van der Waals surface area (Å²) in [6.45, 7) is 9.24. The second-order valence-electron chi connectivity index (χ2n) is 7.85. The number of carboxylic acids is 1. The number of aliphatic hydroxyl groups excluding tert-OH is 1. The van der Waals surface area contributed by atoms with Crippen molar-refractivity contribution >= 4 is 23.7 Å².